The Balaban J connectivity index is 1.41. The molecule has 5 aromatic carbocycles. The molecule has 0 bridgehead atoms. The Morgan fingerprint density at radius 1 is 0.526 bits per heavy atom. The lowest BCUT2D eigenvalue weighted by molar-refractivity contribution is 1.18. The van der Waals surface area contributed by atoms with Crippen LogP contribution in [0.1, 0.15) is 0 Å². The summed E-state index contributed by atoms with van der Waals surface area (Å²) in [5.41, 5.74) is 6.62. The van der Waals surface area contributed by atoms with Gasteiger partial charge in [0.05, 0.1) is 16.7 Å². The minimum Gasteiger partial charge on any atom is -0.309 e. The van der Waals surface area contributed by atoms with Crippen LogP contribution in [0.3, 0.4) is 0 Å². The summed E-state index contributed by atoms with van der Waals surface area (Å²) in [6.07, 6.45) is 0. The molecule has 38 heavy (non-hydrogen) atoms. The van der Waals surface area contributed by atoms with E-state index in [-0.39, 0.29) is 0 Å². The normalized spacial score (nSPS) is 11.7. The van der Waals surface area contributed by atoms with Crippen LogP contribution in [-0.2, 0) is 0 Å². The first kappa shape index (κ1) is 21.3. The zero-order chi connectivity index (χ0) is 25.1. The third-order valence-corrected chi connectivity index (χ3v) is 8.30. The van der Waals surface area contributed by atoms with Crippen LogP contribution in [-0.4, -0.2) is 14.5 Å². The third-order valence-electron chi connectivity index (χ3n) is 7.23. The van der Waals surface area contributed by atoms with Crippen molar-refractivity contribution in [3.63, 3.8) is 0 Å². The van der Waals surface area contributed by atoms with Gasteiger partial charge in [-0.15, -0.1) is 11.3 Å². The molecular formula is C34H21N3S. The summed E-state index contributed by atoms with van der Waals surface area (Å²) in [7, 11) is 0. The molecule has 0 saturated heterocycles. The smallest absolute Gasteiger partial charge is 0.161 e. The molecule has 0 aliphatic heterocycles. The maximum Gasteiger partial charge on any atom is 0.161 e. The number of hydrogen-bond acceptors (Lipinski definition) is 3. The topological polar surface area (TPSA) is 30.7 Å². The van der Waals surface area contributed by atoms with Crippen molar-refractivity contribution in [1.82, 2.24) is 14.5 Å². The molecule has 3 heterocycles. The van der Waals surface area contributed by atoms with Gasteiger partial charge in [-0.25, -0.2) is 9.97 Å². The summed E-state index contributed by atoms with van der Waals surface area (Å²) < 4.78 is 3.56. The summed E-state index contributed by atoms with van der Waals surface area (Å²) in [5, 5.41) is 4.75. The van der Waals surface area contributed by atoms with E-state index in [9.17, 15) is 0 Å². The average molecular weight is 504 g/mol. The van der Waals surface area contributed by atoms with Crippen molar-refractivity contribution in [3.05, 3.63) is 127 Å². The van der Waals surface area contributed by atoms with Crippen molar-refractivity contribution in [2.75, 3.05) is 0 Å². The van der Waals surface area contributed by atoms with Gasteiger partial charge in [-0.05, 0) is 42.5 Å². The summed E-state index contributed by atoms with van der Waals surface area (Å²) >= 11 is 1.73. The predicted molar refractivity (Wildman–Crippen MR) is 160 cm³/mol. The molecule has 0 spiro atoms. The van der Waals surface area contributed by atoms with Gasteiger partial charge in [0.2, 0.25) is 0 Å². The van der Waals surface area contributed by atoms with Crippen LogP contribution in [0.5, 0.6) is 0 Å². The van der Waals surface area contributed by atoms with Crippen LogP contribution in [0.2, 0.25) is 0 Å². The maximum atomic E-state index is 5.20. The standard InChI is InChI=1S/C34H21N3S/c1-3-11-22(12-4-1)32-31-26-16-8-10-18-30(26)38-34(31)36-33(35-32)23-19-20-29-27(21-23)25-15-7-9-17-28(25)37(29)24-13-5-2-6-14-24/h1-21H. The lowest BCUT2D eigenvalue weighted by Crippen LogP contribution is -1.95. The van der Waals surface area contributed by atoms with Gasteiger partial charge in [0.1, 0.15) is 4.83 Å². The van der Waals surface area contributed by atoms with Gasteiger partial charge in [-0.3, -0.25) is 0 Å². The molecule has 8 aromatic rings. The van der Waals surface area contributed by atoms with E-state index in [2.05, 4.69) is 126 Å². The first-order chi connectivity index (χ1) is 18.8. The number of nitrogens with zero attached hydrogens (tertiary/aromatic N) is 3. The van der Waals surface area contributed by atoms with Crippen molar-refractivity contribution in [2.45, 2.75) is 0 Å². The molecule has 0 amide bonds. The van der Waals surface area contributed by atoms with Crippen molar-refractivity contribution in [1.29, 1.82) is 0 Å². The number of hydrogen-bond donors (Lipinski definition) is 0. The van der Waals surface area contributed by atoms with Gasteiger partial charge >= 0.3 is 0 Å². The highest BCUT2D eigenvalue weighted by atomic mass is 32.1. The first-order valence-electron chi connectivity index (χ1n) is 12.7. The molecule has 0 atom stereocenters. The van der Waals surface area contributed by atoms with E-state index in [4.69, 9.17) is 9.97 Å². The van der Waals surface area contributed by atoms with Crippen molar-refractivity contribution < 1.29 is 0 Å². The third kappa shape index (κ3) is 3.21. The number of thiophene rings is 1. The number of benzene rings is 5. The lowest BCUT2D eigenvalue weighted by Gasteiger charge is -2.09. The minimum absolute atomic E-state index is 0.751. The number of fused-ring (bicyclic) bond motifs is 6. The van der Waals surface area contributed by atoms with Gasteiger partial charge in [-0.2, -0.15) is 0 Å². The molecule has 0 radical (unpaired) electrons. The first-order valence-corrected chi connectivity index (χ1v) is 13.5. The molecule has 178 valence electrons. The predicted octanol–water partition coefficient (Wildman–Crippen LogP) is 9.28. The Morgan fingerprint density at radius 2 is 1.21 bits per heavy atom. The molecule has 3 nitrogen and oxygen atoms in total. The molecular weight excluding hydrogens is 482 g/mol. The fourth-order valence-electron chi connectivity index (χ4n) is 5.52. The number of rotatable bonds is 3. The Morgan fingerprint density at radius 3 is 2.05 bits per heavy atom. The fraction of sp³-hybridized carbons (Fsp3) is 0. The number of para-hydroxylation sites is 2. The summed E-state index contributed by atoms with van der Waals surface area (Å²) in [6, 6.07) is 44.7. The average Bonchev–Trinajstić information content (AvgIpc) is 3.53. The van der Waals surface area contributed by atoms with Gasteiger partial charge < -0.3 is 4.57 Å². The highest BCUT2D eigenvalue weighted by Crippen LogP contribution is 2.40. The second-order valence-corrected chi connectivity index (χ2v) is 10.5. The van der Waals surface area contributed by atoms with Crippen LogP contribution < -0.4 is 0 Å². The second-order valence-electron chi connectivity index (χ2n) is 9.46. The molecule has 0 unspecified atom stereocenters. The summed E-state index contributed by atoms with van der Waals surface area (Å²) in [6.45, 7) is 0. The largest absolute Gasteiger partial charge is 0.309 e. The molecule has 0 aliphatic carbocycles. The lowest BCUT2D eigenvalue weighted by atomic mass is 10.0. The van der Waals surface area contributed by atoms with Crippen LogP contribution in [0, 0.1) is 0 Å². The summed E-state index contributed by atoms with van der Waals surface area (Å²) in [4.78, 5) is 11.3. The maximum absolute atomic E-state index is 5.20. The zero-order valence-corrected chi connectivity index (χ0v) is 21.2. The van der Waals surface area contributed by atoms with Crippen molar-refractivity contribution >= 4 is 53.4 Å². The molecule has 4 heteroatoms. The molecule has 0 aliphatic rings. The Labute approximate surface area is 223 Å². The zero-order valence-electron chi connectivity index (χ0n) is 20.4. The highest BCUT2D eigenvalue weighted by molar-refractivity contribution is 7.25. The van der Waals surface area contributed by atoms with E-state index in [1.165, 1.54) is 31.9 Å². The Hall–Kier alpha value is -4.80. The van der Waals surface area contributed by atoms with Gasteiger partial charge in [-0.1, -0.05) is 84.9 Å². The van der Waals surface area contributed by atoms with Crippen LogP contribution in [0.4, 0.5) is 0 Å². The van der Waals surface area contributed by atoms with Crippen LogP contribution in [0.15, 0.2) is 127 Å². The fourth-order valence-corrected chi connectivity index (χ4v) is 6.60. The van der Waals surface area contributed by atoms with Crippen molar-refractivity contribution in [3.8, 4) is 28.3 Å². The molecule has 0 saturated carbocycles. The number of aromatic nitrogens is 3. The van der Waals surface area contributed by atoms with Crippen LogP contribution >= 0.6 is 11.3 Å². The van der Waals surface area contributed by atoms with Crippen LogP contribution in [0.25, 0.3) is 70.4 Å². The quantitative estimate of drug-likeness (QED) is 0.240. The van der Waals surface area contributed by atoms with E-state index in [0.717, 1.165) is 38.5 Å². The van der Waals surface area contributed by atoms with E-state index in [0.29, 0.717) is 0 Å². The van der Waals surface area contributed by atoms with Crippen molar-refractivity contribution in [2.24, 2.45) is 0 Å². The van der Waals surface area contributed by atoms with Gasteiger partial charge in [0, 0.05) is 43.1 Å². The molecule has 0 N–H and O–H groups in total. The highest BCUT2D eigenvalue weighted by Gasteiger charge is 2.18. The molecule has 3 aromatic heterocycles. The molecule has 0 fully saturated rings. The summed E-state index contributed by atoms with van der Waals surface area (Å²) in [5.74, 6) is 0.751. The molecule has 8 rings (SSSR count). The van der Waals surface area contributed by atoms with E-state index in [1.54, 1.807) is 11.3 Å². The second kappa shape index (κ2) is 8.37. The Kier molecular flexibility index (Phi) is 4.69. The van der Waals surface area contributed by atoms with E-state index < -0.39 is 0 Å². The minimum atomic E-state index is 0.751. The van der Waals surface area contributed by atoms with Gasteiger partial charge in [0.15, 0.2) is 5.82 Å². The van der Waals surface area contributed by atoms with E-state index >= 15 is 0 Å². The Bertz CT molecular complexity index is 2120. The van der Waals surface area contributed by atoms with E-state index in [1.807, 2.05) is 6.07 Å². The monoisotopic (exact) mass is 503 g/mol. The SMILES string of the molecule is c1ccc(-c2nc(-c3ccc4c(c3)c3ccccc3n4-c3ccccc3)nc3sc4ccccc4c23)cc1. The van der Waals surface area contributed by atoms with Gasteiger partial charge in [0.25, 0.3) is 0 Å².